The minimum Gasteiger partial charge on any atom is -0.444 e. The van der Waals surface area contributed by atoms with Gasteiger partial charge >= 0.3 is 6.09 Å². The Morgan fingerprint density at radius 2 is 1.53 bits per heavy atom. The standard InChI is InChI=1S/C14H24N2O3/c1-5-12(17)15-6-10-8-16(9-11(10)7-15)13(18)19-14(2,3)4/h10-11H,5-9H2,1-4H3. The van der Waals surface area contributed by atoms with E-state index in [-0.39, 0.29) is 12.0 Å². The fourth-order valence-corrected chi connectivity index (χ4v) is 2.90. The Hall–Kier alpha value is -1.26. The van der Waals surface area contributed by atoms with Crippen LogP contribution in [0.2, 0.25) is 0 Å². The summed E-state index contributed by atoms with van der Waals surface area (Å²) in [6.07, 6.45) is 0.338. The second kappa shape index (κ2) is 5.02. The molecule has 0 N–H and O–H groups in total. The smallest absolute Gasteiger partial charge is 0.410 e. The van der Waals surface area contributed by atoms with Gasteiger partial charge in [0.05, 0.1) is 0 Å². The van der Waals surface area contributed by atoms with Crippen LogP contribution in [0.3, 0.4) is 0 Å². The molecule has 0 bridgehead atoms. The van der Waals surface area contributed by atoms with Crippen molar-refractivity contribution in [2.45, 2.75) is 39.7 Å². The molecule has 2 atom stereocenters. The van der Waals surface area contributed by atoms with Crippen molar-refractivity contribution in [3.63, 3.8) is 0 Å². The first-order valence-electron chi connectivity index (χ1n) is 7.06. The second-order valence-corrected chi connectivity index (χ2v) is 6.56. The van der Waals surface area contributed by atoms with Crippen molar-refractivity contribution in [1.82, 2.24) is 9.80 Å². The molecule has 2 aliphatic rings. The summed E-state index contributed by atoms with van der Waals surface area (Å²) < 4.78 is 5.39. The highest BCUT2D eigenvalue weighted by molar-refractivity contribution is 5.76. The van der Waals surface area contributed by atoms with Crippen LogP contribution < -0.4 is 0 Å². The van der Waals surface area contributed by atoms with Gasteiger partial charge in [-0.3, -0.25) is 4.79 Å². The van der Waals surface area contributed by atoms with Gasteiger partial charge < -0.3 is 14.5 Å². The molecule has 19 heavy (non-hydrogen) atoms. The lowest BCUT2D eigenvalue weighted by atomic mass is 10.0. The van der Waals surface area contributed by atoms with Crippen molar-refractivity contribution in [1.29, 1.82) is 0 Å². The van der Waals surface area contributed by atoms with Crippen molar-refractivity contribution in [3.8, 4) is 0 Å². The summed E-state index contributed by atoms with van der Waals surface area (Å²) >= 11 is 0. The summed E-state index contributed by atoms with van der Waals surface area (Å²) in [4.78, 5) is 27.4. The number of carbonyl (C=O) groups excluding carboxylic acids is 2. The Bertz CT molecular complexity index is 361. The average molecular weight is 268 g/mol. The van der Waals surface area contributed by atoms with E-state index in [1.807, 2.05) is 32.6 Å². The summed E-state index contributed by atoms with van der Waals surface area (Å²) in [6, 6.07) is 0. The highest BCUT2D eigenvalue weighted by Crippen LogP contribution is 2.32. The van der Waals surface area contributed by atoms with Crippen molar-refractivity contribution in [2.24, 2.45) is 11.8 Å². The molecule has 0 aromatic heterocycles. The van der Waals surface area contributed by atoms with E-state index in [2.05, 4.69) is 0 Å². The topological polar surface area (TPSA) is 49.9 Å². The normalized spacial score (nSPS) is 26.5. The third kappa shape index (κ3) is 3.19. The van der Waals surface area contributed by atoms with Crippen LogP contribution in [0.15, 0.2) is 0 Å². The number of ether oxygens (including phenoxy) is 1. The molecule has 0 radical (unpaired) electrons. The van der Waals surface area contributed by atoms with Crippen molar-refractivity contribution in [2.75, 3.05) is 26.2 Å². The molecule has 2 amide bonds. The molecule has 0 aromatic rings. The van der Waals surface area contributed by atoms with Gasteiger partial charge in [-0.2, -0.15) is 0 Å². The van der Waals surface area contributed by atoms with Crippen LogP contribution in [0.4, 0.5) is 4.79 Å². The zero-order valence-corrected chi connectivity index (χ0v) is 12.3. The van der Waals surface area contributed by atoms with Crippen LogP contribution in [0.5, 0.6) is 0 Å². The first kappa shape index (κ1) is 14.2. The van der Waals surface area contributed by atoms with Gasteiger partial charge in [-0.25, -0.2) is 4.79 Å². The van der Waals surface area contributed by atoms with Crippen molar-refractivity contribution < 1.29 is 14.3 Å². The lowest BCUT2D eigenvalue weighted by molar-refractivity contribution is -0.130. The minimum absolute atomic E-state index is 0.221. The number of nitrogens with zero attached hydrogens (tertiary/aromatic N) is 2. The maximum atomic E-state index is 12.0. The maximum absolute atomic E-state index is 12.0. The zero-order valence-electron chi connectivity index (χ0n) is 12.3. The van der Waals surface area contributed by atoms with Crippen LogP contribution in [0, 0.1) is 11.8 Å². The molecule has 2 unspecified atom stereocenters. The molecule has 0 saturated carbocycles. The summed E-state index contributed by atoms with van der Waals surface area (Å²) in [7, 11) is 0. The summed E-state index contributed by atoms with van der Waals surface area (Å²) in [6.45, 7) is 10.5. The summed E-state index contributed by atoms with van der Waals surface area (Å²) in [5, 5.41) is 0. The van der Waals surface area contributed by atoms with E-state index in [0.29, 0.717) is 31.3 Å². The van der Waals surface area contributed by atoms with Crippen LogP contribution in [-0.4, -0.2) is 53.6 Å². The van der Waals surface area contributed by atoms with Gasteiger partial charge in [-0.15, -0.1) is 0 Å². The molecule has 0 aromatic carbocycles. The predicted molar refractivity (Wildman–Crippen MR) is 71.7 cm³/mol. The molecule has 108 valence electrons. The highest BCUT2D eigenvalue weighted by Gasteiger charge is 2.43. The Kier molecular flexibility index (Phi) is 3.74. The summed E-state index contributed by atoms with van der Waals surface area (Å²) in [5.41, 5.74) is -0.445. The molecular formula is C14H24N2O3. The quantitative estimate of drug-likeness (QED) is 0.727. The summed E-state index contributed by atoms with van der Waals surface area (Å²) in [5.74, 6) is 1.06. The molecule has 5 nitrogen and oxygen atoms in total. The van der Waals surface area contributed by atoms with Gasteiger partial charge in [-0.05, 0) is 20.8 Å². The van der Waals surface area contributed by atoms with E-state index in [1.54, 1.807) is 4.90 Å². The average Bonchev–Trinajstić information content (AvgIpc) is 2.82. The minimum atomic E-state index is -0.445. The van der Waals surface area contributed by atoms with Crippen molar-refractivity contribution >= 4 is 12.0 Å². The molecule has 5 heteroatoms. The fraction of sp³-hybridized carbons (Fsp3) is 0.857. The SMILES string of the molecule is CCC(=O)N1CC2CN(C(=O)OC(C)(C)C)CC2C1. The van der Waals surface area contributed by atoms with Crippen LogP contribution in [0.1, 0.15) is 34.1 Å². The number of hydrogen-bond donors (Lipinski definition) is 0. The molecule has 2 saturated heterocycles. The molecule has 2 rings (SSSR count). The van der Waals surface area contributed by atoms with Gasteiger partial charge in [0, 0.05) is 44.4 Å². The maximum Gasteiger partial charge on any atom is 0.410 e. The Morgan fingerprint density at radius 1 is 1.05 bits per heavy atom. The van der Waals surface area contributed by atoms with Gasteiger partial charge in [-0.1, -0.05) is 6.92 Å². The molecule has 0 spiro atoms. The molecular weight excluding hydrogens is 244 g/mol. The first-order chi connectivity index (χ1) is 8.80. The van der Waals surface area contributed by atoms with Crippen molar-refractivity contribution in [3.05, 3.63) is 0 Å². The van der Waals surface area contributed by atoms with Crippen LogP contribution in [-0.2, 0) is 9.53 Å². The Balaban J connectivity index is 1.87. The fourth-order valence-electron chi connectivity index (χ4n) is 2.90. The third-order valence-electron chi connectivity index (χ3n) is 3.79. The zero-order chi connectivity index (χ0) is 14.2. The van der Waals surface area contributed by atoms with E-state index in [0.717, 1.165) is 13.1 Å². The van der Waals surface area contributed by atoms with E-state index < -0.39 is 5.60 Å². The van der Waals surface area contributed by atoms with Gasteiger partial charge in [0.2, 0.25) is 5.91 Å². The third-order valence-corrected chi connectivity index (χ3v) is 3.79. The monoisotopic (exact) mass is 268 g/mol. The first-order valence-corrected chi connectivity index (χ1v) is 7.06. The van der Waals surface area contributed by atoms with E-state index in [9.17, 15) is 9.59 Å². The molecule has 2 heterocycles. The highest BCUT2D eigenvalue weighted by atomic mass is 16.6. The van der Waals surface area contributed by atoms with E-state index in [1.165, 1.54) is 0 Å². The van der Waals surface area contributed by atoms with Gasteiger partial charge in [0.1, 0.15) is 5.60 Å². The van der Waals surface area contributed by atoms with Crippen LogP contribution in [0.25, 0.3) is 0 Å². The Labute approximate surface area is 114 Å². The number of fused-ring (bicyclic) bond motifs is 1. The largest absolute Gasteiger partial charge is 0.444 e. The number of rotatable bonds is 1. The number of likely N-dealkylation sites (tertiary alicyclic amines) is 2. The molecule has 2 aliphatic heterocycles. The number of carbonyl (C=O) groups is 2. The lowest BCUT2D eigenvalue weighted by Gasteiger charge is -2.26. The van der Waals surface area contributed by atoms with E-state index in [4.69, 9.17) is 4.74 Å². The second-order valence-electron chi connectivity index (χ2n) is 6.56. The number of hydrogen-bond acceptors (Lipinski definition) is 3. The molecule has 0 aliphatic carbocycles. The number of amides is 2. The van der Waals surface area contributed by atoms with Gasteiger partial charge in [0.25, 0.3) is 0 Å². The predicted octanol–water partition coefficient (Wildman–Crippen LogP) is 1.72. The Morgan fingerprint density at radius 3 is 1.95 bits per heavy atom. The van der Waals surface area contributed by atoms with Crippen LogP contribution >= 0.6 is 0 Å². The molecule has 2 fully saturated rings. The lowest BCUT2D eigenvalue weighted by Crippen LogP contribution is -2.38. The van der Waals surface area contributed by atoms with Gasteiger partial charge in [0.15, 0.2) is 0 Å². The van der Waals surface area contributed by atoms with E-state index >= 15 is 0 Å².